The summed E-state index contributed by atoms with van der Waals surface area (Å²) in [6.45, 7) is 2.43. The molecule has 0 radical (unpaired) electrons. The van der Waals surface area contributed by atoms with Gasteiger partial charge in [-0.15, -0.1) is 6.42 Å². The molecular formula is C17H16N2. The van der Waals surface area contributed by atoms with Crippen LogP contribution in [0.15, 0.2) is 48.5 Å². The van der Waals surface area contributed by atoms with Gasteiger partial charge in [-0.2, -0.15) is 0 Å². The van der Waals surface area contributed by atoms with Crippen molar-refractivity contribution in [1.29, 1.82) is 0 Å². The Morgan fingerprint density at radius 1 is 0.947 bits per heavy atom. The molecule has 0 saturated heterocycles. The van der Waals surface area contributed by atoms with Crippen molar-refractivity contribution in [2.75, 3.05) is 13.1 Å². The third kappa shape index (κ3) is 2.09. The van der Waals surface area contributed by atoms with E-state index in [-0.39, 0.29) is 0 Å². The maximum atomic E-state index is 5.25. The van der Waals surface area contributed by atoms with Crippen LogP contribution in [0.5, 0.6) is 0 Å². The Morgan fingerprint density at radius 2 is 1.53 bits per heavy atom. The molecule has 2 nitrogen and oxygen atoms in total. The largest absolute Gasteiger partial charge is 0.339 e. The van der Waals surface area contributed by atoms with Gasteiger partial charge < -0.3 is 9.88 Å². The smallest absolute Gasteiger partial charge is 0.0574 e. The van der Waals surface area contributed by atoms with E-state index in [1.165, 1.54) is 21.8 Å². The van der Waals surface area contributed by atoms with Crippen LogP contribution in [0.3, 0.4) is 0 Å². The van der Waals surface area contributed by atoms with Gasteiger partial charge in [-0.1, -0.05) is 42.3 Å². The Labute approximate surface area is 113 Å². The molecule has 0 aliphatic rings. The van der Waals surface area contributed by atoms with Crippen LogP contribution in [0.1, 0.15) is 0 Å². The molecule has 1 heterocycles. The highest BCUT2D eigenvalue weighted by Gasteiger charge is 2.08. The summed E-state index contributed by atoms with van der Waals surface area (Å²) >= 11 is 0. The highest BCUT2D eigenvalue weighted by molar-refractivity contribution is 6.07. The summed E-state index contributed by atoms with van der Waals surface area (Å²) in [4.78, 5) is 0. The lowest BCUT2D eigenvalue weighted by Crippen LogP contribution is -2.19. The summed E-state index contributed by atoms with van der Waals surface area (Å²) < 4.78 is 2.36. The minimum atomic E-state index is 0.622. The van der Waals surface area contributed by atoms with Gasteiger partial charge in [-0.05, 0) is 12.1 Å². The third-order valence-corrected chi connectivity index (χ3v) is 3.42. The number of benzene rings is 2. The monoisotopic (exact) mass is 248 g/mol. The van der Waals surface area contributed by atoms with Gasteiger partial charge in [0.2, 0.25) is 0 Å². The van der Waals surface area contributed by atoms with Crippen LogP contribution in [-0.4, -0.2) is 17.7 Å². The Hall–Kier alpha value is -2.24. The van der Waals surface area contributed by atoms with Crippen molar-refractivity contribution >= 4 is 21.8 Å². The van der Waals surface area contributed by atoms with E-state index in [2.05, 4.69) is 64.3 Å². The Morgan fingerprint density at radius 3 is 2.11 bits per heavy atom. The predicted molar refractivity (Wildman–Crippen MR) is 81.1 cm³/mol. The molecule has 2 aromatic carbocycles. The van der Waals surface area contributed by atoms with Crippen LogP contribution in [0.2, 0.25) is 0 Å². The van der Waals surface area contributed by atoms with Crippen molar-refractivity contribution in [1.82, 2.24) is 9.88 Å². The van der Waals surface area contributed by atoms with Crippen LogP contribution < -0.4 is 5.32 Å². The summed E-state index contributed by atoms with van der Waals surface area (Å²) in [7, 11) is 0. The maximum Gasteiger partial charge on any atom is 0.0574 e. The quantitative estimate of drug-likeness (QED) is 0.555. The molecule has 2 heteroatoms. The van der Waals surface area contributed by atoms with Crippen molar-refractivity contribution in [2.24, 2.45) is 0 Å². The molecular weight excluding hydrogens is 232 g/mol. The molecule has 94 valence electrons. The first-order valence-corrected chi connectivity index (χ1v) is 6.52. The van der Waals surface area contributed by atoms with Crippen molar-refractivity contribution < 1.29 is 0 Å². The van der Waals surface area contributed by atoms with Gasteiger partial charge in [0.25, 0.3) is 0 Å². The lowest BCUT2D eigenvalue weighted by Gasteiger charge is -2.07. The average Bonchev–Trinajstić information content (AvgIpc) is 2.78. The summed E-state index contributed by atoms with van der Waals surface area (Å²) in [6, 6.07) is 17.1. The Bertz CT molecular complexity index is 693. The fourth-order valence-electron chi connectivity index (χ4n) is 2.60. The molecule has 0 amide bonds. The summed E-state index contributed by atoms with van der Waals surface area (Å²) in [5, 5.41) is 5.88. The molecule has 1 aromatic heterocycles. The summed E-state index contributed by atoms with van der Waals surface area (Å²) in [6.07, 6.45) is 5.25. The second kappa shape index (κ2) is 5.17. The topological polar surface area (TPSA) is 17.0 Å². The van der Waals surface area contributed by atoms with E-state index in [4.69, 9.17) is 6.42 Å². The molecule has 0 spiro atoms. The van der Waals surface area contributed by atoms with Crippen LogP contribution >= 0.6 is 0 Å². The lowest BCUT2D eigenvalue weighted by atomic mass is 10.2. The van der Waals surface area contributed by atoms with Crippen LogP contribution in [0, 0.1) is 12.3 Å². The molecule has 0 saturated carbocycles. The summed E-state index contributed by atoms with van der Waals surface area (Å²) in [5.41, 5.74) is 2.57. The van der Waals surface area contributed by atoms with E-state index < -0.39 is 0 Å². The van der Waals surface area contributed by atoms with Gasteiger partial charge in [0.1, 0.15) is 0 Å². The Balaban J connectivity index is 2.07. The molecule has 0 unspecified atom stereocenters. The normalized spacial score (nSPS) is 10.9. The standard InChI is InChI=1S/C17H16N2/c1-2-11-18-12-13-19-16-9-5-3-7-14(16)15-8-4-6-10-17(15)19/h1,3-10,18H,11-13H2. The minimum absolute atomic E-state index is 0.622. The Kier molecular flexibility index (Phi) is 3.22. The molecule has 0 aliphatic carbocycles. The second-order valence-corrected chi connectivity index (χ2v) is 4.57. The number of aromatic nitrogens is 1. The first-order valence-electron chi connectivity index (χ1n) is 6.52. The highest BCUT2D eigenvalue weighted by Crippen LogP contribution is 2.28. The SMILES string of the molecule is C#CCNCCn1c2ccccc2c2ccccc21. The van der Waals surface area contributed by atoms with Gasteiger partial charge >= 0.3 is 0 Å². The van der Waals surface area contributed by atoms with Crippen LogP contribution in [0.4, 0.5) is 0 Å². The number of nitrogens with one attached hydrogen (secondary N) is 1. The summed E-state index contributed by atoms with van der Waals surface area (Å²) in [5.74, 6) is 2.60. The third-order valence-electron chi connectivity index (χ3n) is 3.42. The first kappa shape index (κ1) is 11.8. The zero-order valence-corrected chi connectivity index (χ0v) is 10.8. The zero-order chi connectivity index (χ0) is 13.1. The first-order chi connectivity index (χ1) is 9.42. The molecule has 1 N–H and O–H groups in total. The average molecular weight is 248 g/mol. The molecule has 3 aromatic rings. The van der Waals surface area contributed by atoms with Crippen molar-refractivity contribution in [2.45, 2.75) is 6.54 Å². The molecule has 3 rings (SSSR count). The molecule has 19 heavy (non-hydrogen) atoms. The number of para-hydroxylation sites is 2. The fraction of sp³-hybridized carbons (Fsp3) is 0.176. The second-order valence-electron chi connectivity index (χ2n) is 4.57. The molecule has 0 aliphatic heterocycles. The number of hydrogen-bond acceptors (Lipinski definition) is 1. The van der Waals surface area contributed by atoms with E-state index in [1.807, 2.05) is 0 Å². The number of fused-ring (bicyclic) bond motifs is 3. The van der Waals surface area contributed by atoms with Crippen LogP contribution in [-0.2, 0) is 6.54 Å². The van der Waals surface area contributed by atoms with Crippen molar-refractivity contribution in [3.8, 4) is 12.3 Å². The van der Waals surface area contributed by atoms with E-state index in [0.29, 0.717) is 6.54 Å². The zero-order valence-electron chi connectivity index (χ0n) is 10.8. The predicted octanol–water partition coefficient (Wildman–Crippen LogP) is 3.02. The van der Waals surface area contributed by atoms with Crippen LogP contribution in [0.25, 0.3) is 21.8 Å². The van der Waals surface area contributed by atoms with E-state index in [0.717, 1.165) is 13.1 Å². The lowest BCUT2D eigenvalue weighted by molar-refractivity contribution is 0.657. The molecule has 0 atom stereocenters. The van der Waals surface area contributed by atoms with Gasteiger partial charge in [-0.25, -0.2) is 0 Å². The van der Waals surface area contributed by atoms with Gasteiger partial charge in [-0.3, -0.25) is 0 Å². The fourth-order valence-corrected chi connectivity index (χ4v) is 2.60. The van der Waals surface area contributed by atoms with Crippen molar-refractivity contribution in [3.63, 3.8) is 0 Å². The maximum absolute atomic E-state index is 5.25. The molecule has 0 fully saturated rings. The number of terminal acetylenes is 1. The molecule has 0 bridgehead atoms. The van der Waals surface area contributed by atoms with Gasteiger partial charge in [0.05, 0.1) is 6.54 Å². The number of rotatable bonds is 4. The van der Waals surface area contributed by atoms with E-state index in [1.54, 1.807) is 0 Å². The van der Waals surface area contributed by atoms with E-state index in [9.17, 15) is 0 Å². The van der Waals surface area contributed by atoms with Gasteiger partial charge in [0.15, 0.2) is 0 Å². The minimum Gasteiger partial charge on any atom is -0.339 e. The van der Waals surface area contributed by atoms with E-state index >= 15 is 0 Å². The van der Waals surface area contributed by atoms with Gasteiger partial charge in [0, 0.05) is 34.9 Å². The van der Waals surface area contributed by atoms with Crippen molar-refractivity contribution in [3.05, 3.63) is 48.5 Å². The number of hydrogen-bond donors (Lipinski definition) is 1. The number of nitrogens with zero attached hydrogens (tertiary/aromatic N) is 1. The highest BCUT2D eigenvalue weighted by atomic mass is 15.0.